The minimum Gasteiger partial charge on any atom is -0.378 e. The summed E-state index contributed by atoms with van der Waals surface area (Å²) in [5.41, 5.74) is 1.84. The minimum atomic E-state index is -0.824. The lowest BCUT2D eigenvalue weighted by Gasteiger charge is -2.30. The topological polar surface area (TPSA) is 111 Å². The number of hydrogen-bond acceptors (Lipinski definition) is 5. The van der Waals surface area contributed by atoms with Crippen LogP contribution in [0.1, 0.15) is 21.7 Å². The molecule has 0 radical (unpaired) electrons. The molecular formula is C22H20FN5O3. The molecule has 0 bridgehead atoms. The second kappa shape index (κ2) is 8.93. The van der Waals surface area contributed by atoms with Crippen molar-refractivity contribution in [2.24, 2.45) is 0 Å². The van der Waals surface area contributed by atoms with Crippen LogP contribution in [0.4, 0.5) is 4.39 Å². The molecule has 1 atom stereocenters. The molecule has 1 aromatic carbocycles. The molecule has 158 valence electrons. The van der Waals surface area contributed by atoms with Gasteiger partial charge in [-0.1, -0.05) is 12.1 Å². The third-order valence-corrected chi connectivity index (χ3v) is 5.14. The molecule has 3 heterocycles. The van der Waals surface area contributed by atoms with E-state index in [1.165, 1.54) is 18.3 Å². The Labute approximate surface area is 177 Å². The van der Waals surface area contributed by atoms with Crippen molar-refractivity contribution in [1.82, 2.24) is 20.2 Å². The maximum absolute atomic E-state index is 13.3. The number of halogens is 1. The number of benzene rings is 1. The number of H-pyrrole nitrogens is 1. The van der Waals surface area contributed by atoms with E-state index in [0.717, 1.165) is 5.56 Å². The maximum Gasteiger partial charge on any atom is 0.268 e. The van der Waals surface area contributed by atoms with Gasteiger partial charge in [-0.15, -0.1) is 0 Å². The van der Waals surface area contributed by atoms with Gasteiger partial charge < -0.3 is 19.9 Å². The van der Waals surface area contributed by atoms with Crippen LogP contribution in [0.15, 0.2) is 42.6 Å². The Kier molecular flexibility index (Phi) is 5.91. The number of pyridine rings is 1. The van der Waals surface area contributed by atoms with Gasteiger partial charge in [-0.25, -0.2) is 9.37 Å². The molecule has 1 saturated heterocycles. The van der Waals surface area contributed by atoms with E-state index in [0.29, 0.717) is 37.2 Å². The SMILES string of the molecule is N#Cc1cc2cc(C(=O)N[C@@H](Cc3ccc(F)cc3)C(=O)N3CCOCC3)[nH]c2cn1. The number of nitrogens with zero attached hydrogens (tertiary/aromatic N) is 3. The van der Waals surface area contributed by atoms with Crippen LogP contribution in [-0.2, 0) is 16.0 Å². The number of rotatable bonds is 5. The fourth-order valence-corrected chi connectivity index (χ4v) is 3.51. The summed E-state index contributed by atoms with van der Waals surface area (Å²) in [6, 6.07) is 10.2. The van der Waals surface area contributed by atoms with Crippen LogP contribution in [0.5, 0.6) is 0 Å². The predicted molar refractivity (Wildman–Crippen MR) is 110 cm³/mol. The molecule has 0 unspecified atom stereocenters. The smallest absolute Gasteiger partial charge is 0.268 e. The molecule has 2 N–H and O–H groups in total. The number of morpholine rings is 1. The zero-order valence-corrected chi connectivity index (χ0v) is 16.6. The monoisotopic (exact) mass is 421 g/mol. The Morgan fingerprint density at radius 1 is 1.26 bits per heavy atom. The van der Waals surface area contributed by atoms with Crippen molar-refractivity contribution in [2.75, 3.05) is 26.3 Å². The van der Waals surface area contributed by atoms with Gasteiger partial charge in [0.2, 0.25) is 5.91 Å². The second-order valence-corrected chi connectivity index (χ2v) is 7.25. The average Bonchev–Trinajstić information content (AvgIpc) is 3.23. The Bertz CT molecular complexity index is 1150. The summed E-state index contributed by atoms with van der Waals surface area (Å²) < 4.78 is 18.6. The number of amides is 2. The number of aromatic amines is 1. The van der Waals surface area contributed by atoms with Crippen molar-refractivity contribution in [1.29, 1.82) is 5.26 Å². The van der Waals surface area contributed by atoms with Gasteiger partial charge in [0.25, 0.3) is 5.91 Å². The van der Waals surface area contributed by atoms with E-state index in [4.69, 9.17) is 10.00 Å². The molecule has 1 aliphatic rings. The van der Waals surface area contributed by atoms with Gasteiger partial charge in [-0.05, 0) is 29.8 Å². The van der Waals surface area contributed by atoms with E-state index in [1.807, 2.05) is 6.07 Å². The lowest BCUT2D eigenvalue weighted by atomic mass is 10.0. The Balaban J connectivity index is 1.56. The molecule has 2 aromatic heterocycles. The molecule has 0 spiro atoms. The Hall–Kier alpha value is -3.77. The number of fused-ring (bicyclic) bond motifs is 1. The van der Waals surface area contributed by atoms with Crippen LogP contribution < -0.4 is 5.32 Å². The summed E-state index contributed by atoms with van der Waals surface area (Å²) in [5.74, 6) is -1.04. The number of ether oxygens (including phenoxy) is 1. The van der Waals surface area contributed by atoms with Crippen LogP contribution in [0.25, 0.3) is 10.9 Å². The summed E-state index contributed by atoms with van der Waals surface area (Å²) >= 11 is 0. The summed E-state index contributed by atoms with van der Waals surface area (Å²) in [6.45, 7) is 1.78. The van der Waals surface area contributed by atoms with Crippen molar-refractivity contribution in [3.05, 3.63) is 65.4 Å². The molecule has 1 aliphatic heterocycles. The number of nitrogens with one attached hydrogen (secondary N) is 2. The number of hydrogen-bond donors (Lipinski definition) is 2. The second-order valence-electron chi connectivity index (χ2n) is 7.25. The van der Waals surface area contributed by atoms with E-state index in [1.54, 1.807) is 29.2 Å². The molecule has 3 aromatic rings. The average molecular weight is 421 g/mol. The van der Waals surface area contributed by atoms with Crippen LogP contribution in [0.3, 0.4) is 0 Å². The van der Waals surface area contributed by atoms with E-state index in [-0.39, 0.29) is 29.5 Å². The first-order valence-electron chi connectivity index (χ1n) is 9.84. The fourth-order valence-electron chi connectivity index (χ4n) is 3.51. The molecule has 2 amide bonds. The zero-order valence-electron chi connectivity index (χ0n) is 16.6. The first-order valence-corrected chi connectivity index (χ1v) is 9.84. The summed E-state index contributed by atoms with van der Waals surface area (Å²) in [7, 11) is 0. The number of aromatic nitrogens is 2. The Morgan fingerprint density at radius 3 is 2.71 bits per heavy atom. The van der Waals surface area contributed by atoms with Gasteiger partial charge in [0.1, 0.15) is 29.3 Å². The Morgan fingerprint density at radius 2 is 2.00 bits per heavy atom. The van der Waals surface area contributed by atoms with Crippen molar-refractivity contribution >= 4 is 22.7 Å². The number of carbonyl (C=O) groups is 2. The standard InChI is InChI=1S/C22H20FN5O3/c23-16-3-1-14(2-4-16)9-19(22(30)28-5-7-31-8-6-28)27-21(29)18-11-15-10-17(12-24)25-13-20(15)26-18/h1-4,10-11,13,19,26H,5-9H2,(H,27,29)/t19-/m0/s1. The van der Waals surface area contributed by atoms with Gasteiger partial charge in [0.05, 0.1) is 24.9 Å². The molecular weight excluding hydrogens is 401 g/mol. The molecule has 0 saturated carbocycles. The van der Waals surface area contributed by atoms with Crippen LogP contribution >= 0.6 is 0 Å². The molecule has 9 heteroatoms. The third-order valence-electron chi connectivity index (χ3n) is 5.14. The van der Waals surface area contributed by atoms with Gasteiger partial charge in [-0.2, -0.15) is 5.26 Å². The lowest BCUT2D eigenvalue weighted by molar-refractivity contribution is -0.137. The van der Waals surface area contributed by atoms with Gasteiger partial charge in [0, 0.05) is 24.9 Å². The van der Waals surface area contributed by atoms with Crippen molar-refractivity contribution < 1.29 is 18.7 Å². The number of carbonyl (C=O) groups excluding carboxylic acids is 2. The zero-order chi connectivity index (χ0) is 21.8. The van der Waals surface area contributed by atoms with Gasteiger partial charge >= 0.3 is 0 Å². The quantitative estimate of drug-likeness (QED) is 0.652. The van der Waals surface area contributed by atoms with E-state index in [2.05, 4.69) is 15.3 Å². The first kappa shape index (κ1) is 20.5. The van der Waals surface area contributed by atoms with E-state index in [9.17, 15) is 14.0 Å². The fraction of sp³-hybridized carbons (Fsp3) is 0.273. The number of nitriles is 1. The summed E-state index contributed by atoms with van der Waals surface area (Å²) in [4.78, 5) is 34.7. The van der Waals surface area contributed by atoms with Crippen LogP contribution in [-0.4, -0.2) is 59.0 Å². The van der Waals surface area contributed by atoms with Crippen molar-refractivity contribution in [3.8, 4) is 6.07 Å². The largest absolute Gasteiger partial charge is 0.378 e. The third kappa shape index (κ3) is 4.70. The van der Waals surface area contributed by atoms with E-state index < -0.39 is 11.9 Å². The van der Waals surface area contributed by atoms with Crippen molar-refractivity contribution in [2.45, 2.75) is 12.5 Å². The molecule has 0 aliphatic carbocycles. The van der Waals surface area contributed by atoms with Gasteiger partial charge in [0.15, 0.2) is 0 Å². The van der Waals surface area contributed by atoms with Crippen molar-refractivity contribution in [3.63, 3.8) is 0 Å². The highest BCUT2D eigenvalue weighted by Gasteiger charge is 2.28. The van der Waals surface area contributed by atoms with E-state index >= 15 is 0 Å². The maximum atomic E-state index is 13.3. The van der Waals surface area contributed by atoms with Crippen LogP contribution in [0, 0.1) is 17.1 Å². The molecule has 8 nitrogen and oxygen atoms in total. The molecule has 31 heavy (non-hydrogen) atoms. The normalized spacial score (nSPS) is 14.8. The highest BCUT2D eigenvalue weighted by molar-refractivity contribution is 6.00. The molecule has 4 rings (SSSR count). The summed E-state index contributed by atoms with van der Waals surface area (Å²) in [6.07, 6.45) is 1.71. The predicted octanol–water partition coefficient (Wildman–Crippen LogP) is 1.77. The summed E-state index contributed by atoms with van der Waals surface area (Å²) in [5, 5.41) is 12.5. The lowest BCUT2D eigenvalue weighted by Crippen LogP contribution is -2.52. The first-order chi connectivity index (χ1) is 15.0. The van der Waals surface area contributed by atoms with Gasteiger partial charge in [-0.3, -0.25) is 9.59 Å². The highest BCUT2D eigenvalue weighted by Crippen LogP contribution is 2.16. The minimum absolute atomic E-state index is 0.217. The highest BCUT2D eigenvalue weighted by atomic mass is 19.1. The molecule has 1 fully saturated rings. The van der Waals surface area contributed by atoms with Crippen LogP contribution in [0.2, 0.25) is 0 Å².